The van der Waals surface area contributed by atoms with Crippen LogP contribution in [-0.2, 0) is 6.54 Å². The van der Waals surface area contributed by atoms with E-state index in [9.17, 15) is 0 Å². The predicted molar refractivity (Wildman–Crippen MR) is 93.6 cm³/mol. The average molecular weight is 332 g/mol. The maximum Gasteiger partial charge on any atom is 0.154 e. The fourth-order valence-electron chi connectivity index (χ4n) is 3.13. The van der Waals surface area contributed by atoms with Crippen LogP contribution in [-0.4, -0.2) is 51.4 Å². The fraction of sp³-hybridized carbons (Fsp3) is 0.562. The first-order valence-corrected chi connectivity index (χ1v) is 9.24. The van der Waals surface area contributed by atoms with Crippen molar-refractivity contribution >= 4 is 22.8 Å². The number of thioether (sulfide) groups is 1. The zero-order chi connectivity index (χ0) is 16.4. The average Bonchev–Trinajstić information content (AvgIpc) is 2.95. The Morgan fingerprint density at radius 1 is 1.43 bits per heavy atom. The summed E-state index contributed by atoms with van der Waals surface area (Å²) in [6.45, 7) is 5.87. The van der Waals surface area contributed by atoms with Gasteiger partial charge in [-0.2, -0.15) is 0 Å². The second kappa shape index (κ2) is 6.98. The second-order valence-electron chi connectivity index (χ2n) is 6.11. The molecule has 1 fully saturated rings. The molecule has 7 heteroatoms. The Bertz CT molecular complexity index is 756. The third-order valence-corrected chi connectivity index (χ3v) is 5.10. The summed E-state index contributed by atoms with van der Waals surface area (Å²) < 4.78 is 1.96. The van der Waals surface area contributed by atoms with Gasteiger partial charge in [0, 0.05) is 30.2 Å². The van der Waals surface area contributed by atoms with E-state index >= 15 is 0 Å². The number of aromatic nitrogens is 3. The number of nitrogens with zero attached hydrogens (tertiary/aromatic N) is 4. The van der Waals surface area contributed by atoms with Crippen molar-refractivity contribution in [2.45, 2.75) is 37.2 Å². The van der Waals surface area contributed by atoms with Crippen molar-refractivity contribution < 1.29 is 0 Å². The molecule has 3 heterocycles. The predicted octanol–water partition coefficient (Wildman–Crippen LogP) is 1.36. The Labute approximate surface area is 140 Å². The van der Waals surface area contributed by atoms with Gasteiger partial charge in [-0.05, 0) is 45.2 Å². The van der Waals surface area contributed by atoms with Gasteiger partial charge in [-0.3, -0.25) is 5.41 Å². The Morgan fingerprint density at radius 2 is 2.26 bits per heavy atom. The molecule has 0 radical (unpaired) electrons. The highest BCUT2D eigenvalue weighted by Crippen LogP contribution is 2.17. The summed E-state index contributed by atoms with van der Waals surface area (Å²) in [6.07, 6.45) is 5.93. The third kappa shape index (κ3) is 3.57. The zero-order valence-corrected chi connectivity index (χ0v) is 14.6. The maximum atomic E-state index is 8.45. The van der Waals surface area contributed by atoms with Crippen molar-refractivity contribution in [2.75, 3.05) is 25.9 Å². The summed E-state index contributed by atoms with van der Waals surface area (Å²) in [4.78, 5) is 12.6. The van der Waals surface area contributed by atoms with E-state index in [1.54, 1.807) is 11.8 Å². The van der Waals surface area contributed by atoms with Gasteiger partial charge in [0.05, 0.1) is 5.52 Å². The van der Waals surface area contributed by atoms with Crippen molar-refractivity contribution in [1.82, 2.24) is 19.4 Å². The Hall–Kier alpha value is -1.44. The van der Waals surface area contributed by atoms with Crippen LogP contribution in [0.15, 0.2) is 17.2 Å². The lowest BCUT2D eigenvalue weighted by molar-refractivity contribution is 0.319. The Morgan fingerprint density at radius 3 is 2.96 bits per heavy atom. The van der Waals surface area contributed by atoms with Gasteiger partial charge in [0.15, 0.2) is 5.49 Å². The van der Waals surface area contributed by atoms with Gasteiger partial charge in [0.2, 0.25) is 0 Å². The minimum absolute atomic E-state index is 0.327. The van der Waals surface area contributed by atoms with Crippen molar-refractivity contribution in [1.29, 1.82) is 5.41 Å². The number of nitrogens with one attached hydrogen (secondary N) is 1. The molecule has 3 N–H and O–H groups in total. The van der Waals surface area contributed by atoms with Crippen LogP contribution in [0, 0.1) is 12.3 Å². The molecule has 23 heavy (non-hydrogen) atoms. The molecule has 2 aromatic rings. The van der Waals surface area contributed by atoms with Crippen LogP contribution >= 0.6 is 11.8 Å². The van der Waals surface area contributed by atoms with E-state index in [0.717, 1.165) is 55.3 Å². The van der Waals surface area contributed by atoms with Crippen LogP contribution in [0.5, 0.6) is 0 Å². The van der Waals surface area contributed by atoms with Crippen molar-refractivity contribution in [3.63, 3.8) is 0 Å². The normalized spacial score (nSPS) is 18.8. The smallest absolute Gasteiger partial charge is 0.154 e. The fourth-order valence-corrected chi connectivity index (χ4v) is 3.52. The lowest BCUT2D eigenvalue weighted by Crippen LogP contribution is -2.30. The number of rotatable bonds is 5. The number of nitrogens with two attached hydrogens (primary N) is 1. The molecular formula is C16H24N6S. The molecule has 6 nitrogen and oxygen atoms in total. The lowest BCUT2D eigenvalue weighted by atomic mass is 10.3. The van der Waals surface area contributed by atoms with Gasteiger partial charge in [-0.1, -0.05) is 0 Å². The summed E-state index contributed by atoms with van der Waals surface area (Å²) in [5.74, 6) is 0.876. The van der Waals surface area contributed by atoms with Crippen LogP contribution < -0.4 is 11.2 Å². The van der Waals surface area contributed by atoms with E-state index in [1.807, 2.05) is 30.0 Å². The highest BCUT2D eigenvalue weighted by molar-refractivity contribution is 7.98. The van der Waals surface area contributed by atoms with Gasteiger partial charge in [-0.25, -0.2) is 9.97 Å². The van der Waals surface area contributed by atoms with Crippen LogP contribution in [0.3, 0.4) is 0 Å². The summed E-state index contributed by atoms with van der Waals surface area (Å²) in [6, 6.07) is 2.34. The minimum Gasteiger partial charge on any atom is -0.326 e. The van der Waals surface area contributed by atoms with Gasteiger partial charge in [-0.15, -0.1) is 11.8 Å². The maximum absolute atomic E-state index is 8.45. The van der Waals surface area contributed by atoms with Gasteiger partial charge < -0.3 is 15.2 Å². The first-order chi connectivity index (χ1) is 11.1. The van der Waals surface area contributed by atoms with E-state index in [2.05, 4.69) is 14.9 Å². The molecule has 0 amide bonds. The Balaban J connectivity index is 1.76. The van der Waals surface area contributed by atoms with E-state index in [4.69, 9.17) is 11.1 Å². The van der Waals surface area contributed by atoms with Crippen molar-refractivity contribution in [2.24, 2.45) is 5.73 Å². The number of hydrogen-bond donors (Lipinski definition) is 2. The molecule has 0 spiro atoms. The standard InChI is InChI=1S/C16H24N6S/c1-11-20-14-8-13(23-2)9-19-15(14)16(18)22(11)6-3-5-21-7-4-12(17)10-21/h8-9,12,18H,3-7,10,17H2,1-2H3. The summed E-state index contributed by atoms with van der Waals surface area (Å²) >= 11 is 1.64. The number of likely N-dealkylation sites (tertiary alicyclic amines) is 1. The quantitative estimate of drug-likeness (QED) is 0.808. The molecule has 3 rings (SSSR count). The largest absolute Gasteiger partial charge is 0.326 e. The molecule has 0 aliphatic carbocycles. The number of aryl methyl sites for hydroxylation is 1. The topological polar surface area (TPSA) is 83.8 Å². The SMILES string of the molecule is CSc1cnc2c(=N)n(CCCN3CCC(N)C3)c(C)nc2c1. The first-order valence-electron chi connectivity index (χ1n) is 8.02. The summed E-state index contributed by atoms with van der Waals surface area (Å²) in [7, 11) is 0. The Kier molecular flexibility index (Phi) is 4.99. The molecule has 1 aliphatic heterocycles. The molecule has 0 saturated carbocycles. The highest BCUT2D eigenvalue weighted by atomic mass is 32.2. The zero-order valence-electron chi connectivity index (χ0n) is 13.7. The molecule has 1 aliphatic rings. The second-order valence-corrected chi connectivity index (χ2v) is 6.98. The van der Waals surface area contributed by atoms with Gasteiger partial charge in [0.25, 0.3) is 0 Å². The van der Waals surface area contributed by atoms with E-state index in [1.165, 1.54) is 0 Å². The van der Waals surface area contributed by atoms with E-state index < -0.39 is 0 Å². The summed E-state index contributed by atoms with van der Waals surface area (Å²) in [5.41, 5.74) is 7.89. The van der Waals surface area contributed by atoms with E-state index in [-0.39, 0.29) is 0 Å². The van der Waals surface area contributed by atoms with Crippen LogP contribution in [0.4, 0.5) is 0 Å². The van der Waals surface area contributed by atoms with E-state index in [0.29, 0.717) is 17.0 Å². The number of fused-ring (bicyclic) bond motifs is 1. The van der Waals surface area contributed by atoms with Crippen molar-refractivity contribution in [3.8, 4) is 0 Å². The molecule has 1 atom stereocenters. The molecule has 124 valence electrons. The minimum atomic E-state index is 0.327. The van der Waals surface area contributed by atoms with Gasteiger partial charge in [0.1, 0.15) is 11.3 Å². The van der Waals surface area contributed by atoms with Crippen LogP contribution in [0.2, 0.25) is 0 Å². The van der Waals surface area contributed by atoms with Crippen molar-refractivity contribution in [3.05, 3.63) is 23.6 Å². The molecule has 0 aromatic carbocycles. The monoisotopic (exact) mass is 332 g/mol. The highest BCUT2D eigenvalue weighted by Gasteiger charge is 2.18. The molecule has 1 saturated heterocycles. The first kappa shape index (κ1) is 16.4. The van der Waals surface area contributed by atoms with Crippen LogP contribution in [0.25, 0.3) is 11.0 Å². The molecule has 1 unspecified atom stereocenters. The number of pyridine rings is 1. The van der Waals surface area contributed by atoms with Gasteiger partial charge >= 0.3 is 0 Å². The van der Waals surface area contributed by atoms with Crippen LogP contribution in [0.1, 0.15) is 18.7 Å². The molecule has 0 bridgehead atoms. The summed E-state index contributed by atoms with van der Waals surface area (Å²) in [5, 5.41) is 8.45. The molecule has 2 aromatic heterocycles. The lowest BCUT2D eigenvalue weighted by Gasteiger charge is -2.17. The molecular weight excluding hydrogens is 308 g/mol. The third-order valence-electron chi connectivity index (χ3n) is 4.41. The number of hydrogen-bond acceptors (Lipinski definition) is 6.